The molecular weight excluding hydrogens is 479 g/mol. The highest BCUT2D eigenvalue weighted by Crippen LogP contribution is 2.21. The first-order valence-electron chi connectivity index (χ1n) is 11.4. The van der Waals surface area contributed by atoms with Crippen molar-refractivity contribution < 1.29 is 9.47 Å². The Balaban J connectivity index is 0.00000420. The number of likely N-dealkylation sites (tertiary alicyclic amines) is 1. The second kappa shape index (κ2) is 15.6. The van der Waals surface area contributed by atoms with Gasteiger partial charge in [0.1, 0.15) is 0 Å². The third kappa shape index (κ3) is 10.6. The molecule has 0 aromatic rings. The number of nitrogens with one attached hydrogen (secondary N) is 2. The summed E-state index contributed by atoms with van der Waals surface area (Å²) in [6.07, 6.45) is 5.93. The summed E-state index contributed by atoms with van der Waals surface area (Å²) in [5.41, 5.74) is 0. The molecule has 0 aromatic carbocycles. The Kier molecular flexibility index (Phi) is 14.5. The standard InChI is InChI=1S/C22H44N4O2.HI/c1-18(2)21(26-11-6-19(3)7-12-26)16-25-22(23-4)24-10-5-13-28-17-20-8-14-27-15-9-20;/h18-21H,5-17H2,1-4H3,(H2,23,24,25);1H. The Labute approximate surface area is 196 Å². The average molecular weight is 525 g/mol. The number of guanidine groups is 1. The van der Waals surface area contributed by atoms with Gasteiger partial charge in [-0.15, -0.1) is 24.0 Å². The van der Waals surface area contributed by atoms with E-state index in [2.05, 4.69) is 41.3 Å². The van der Waals surface area contributed by atoms with Crippen LogP contribution in [0.15, 0.2) is 4.99 Å². The third-order valence-corrected chi connectivity index (χ3v) is 6.21. The van der Waals surface area contributed by atoms with Gasteiger partial charge in [-0.05, 0) is 62.9 Å². The van der Waals surface area contributed by atoms with Crippen LogP contribution in [0.25, 0.3) is 0 Å². The van der Waals surface area contributed by atoms with Crippen molar-refractivity contribution in [3.8, 4) is 0 Å². The van der Waals surface area contributed by atoms with Gasteiger partial charge < -0.3 is 20.1 Å². The van der Waals surface area contributed by atoms with Crippen LogP contribution in [0.1, 0.15) is 52.9 Å². The number of hydrogen-bond acceptors (Lipinski definition) is 4. The predicted molar refractivity (Wildman–Crippen MR) is 132 cm³/mol. The molecule has 0 amide bonds. The molecule has 0 saturated carbocycles. The second-order valence-electron chi connectivity index (χ2n) is 8.89. The lowest BCUT2D eigenvalue weighted by atomic mass is 9.94. The number of rotatable bonds is 10. The molecule has 2 heterocycles. The predicted octanol–water partition coefficient (Wildman–Crippen LogP) is 3.36. The lowest BCUT2D eigenvalue weighted by Gasteiger charge is -2.39. The monoisotopic (exact) mass is 524 g/mol. The molecule has 2 aliphatic rings. The van der Waals surface area contributed by atoms with Crippen LogP contribution in [0.3, 0.4) is 0 Å². The SMILES string of the molecule is CN=C(NCCCOCC1CCOCC1)NCC(C(C)C)N1CCC(C)CC1.I. The molecule has 2 saturated heterocycles. The molecule has 2 aliphatic heterocycles. The third-order valence-electron chi connectivity index (χ3n) is 6.21. The van der Waals surface area contributed by atoms with Crippen LogP contribution in [0.2, 0.25) is 0 Å². The highest BCUT2D eigenvalue weighted by molar-refractivity contribution is 14.0. The van der Waals surface area contributed by atoms with Crippen LogP contribution in [-0.2, 0) is 9.47 Å². The van der Waals surface area contributed by atoms with Gasteiger partial charge in [-0.25, -0.2) is 0 Å². The summed E-state index contributed by atoms with van der Waals surface area (Å²) in [5.74, 6) is 3.10. The number of aliphatic imine (C=N–C) groups is 1. The summed E-state index contributed by atoms with van der Waals surface area (Å²) in [6.45, 7) is 14.8. The normalized spacial score (nSPS) is 21.1. The molecule has 1 unspecified atom stereocenters. The highest BCUT2D eigenvalue weighted by atomic mass is 127. The maximum atomic E-state index is 5.84. The zero-order chi connectivity index (χ0) is 20.2. The summed E-state index contributed by atoms with van der Waals surface area (Å²) in [7, 11) is 1.85. The van der Waals surface area contributed by atoms with Crippen molar-refractivity contribution in [1.82, 2.24) is 15.5 Å². The van der Waals surface area contributed by atoms with Crippen molar-refractivity contribution in [2.75, 3.05) is 59.7 Å². The van der Waals surface area contributed by atoms with Crippen LogP contribution >= 0.6 is 24.0 Å². The van der Waals surface area contributed by atoms with E-state index in [1.807, 2.05) is 7.05 Å². The van der Waals surface area contributed by atoms with E-state index in [0.717, 1.165) is 70.7 Å². The van der Waals surface area contributed by atoms with Gasteiger partial charge in [0, 0.05) is 52.6 Å². The average Bonchev–Trinajstić information content (AvgIpc) is 2.71. The van der Waals surface area contributed by atoms with Crippen LogP contribution in [0.4, 0.5) is 0 Å². The van der Waals surface area contributed by atoms with E-state index >= 15 is 0 Å². The largest absolute Gasteiger partial charge is 0.381 e. The Morgan fingerprint density at radius 2 is 1.83 bits per heavy atom. The van der Waals surface area contributed by atoms with Gasteiger partial charge in [-0.2, -0.15) is 0 Å². The van der Waals surface area contributed by atoms with E-state index in [-0.39, 0.29) is 24.0 Å². The fraction of sp³-hybridized carbons (Fsp3) is 0.955. The Morgan fingerprint density at radius 3 is 2.45 bits per heavy atom. The van der Waals surface area contributed by atoms with Gasteiger partial charge in [0.15, 0.2) is 5.96 Å². The van der Waals surface area contributed by atoms with Gasteiger partial charge in [-0.1, -0.05) is 20.8 Å². The maximum Gasteiger partial charge on any atom is 0.191 e. The quantitative estimate of drug-likeness (QED) is 0.199. The number of halogens is 1. The molecule has 6 nitrogen and oxygen atoms in total. The van der Waals surface area contributed by atoms with Crippen LogP contribution < -0.4 is 10.6 Å². The summed E-state index contributed by atoms with van der Waals surface area (Å²) < 4.78 is 11.2. The van der Waals surface area contributed by atoms with E-state index in [4.69, 9.17) is 9.47 Å². The Hall–Kier alpha value is -0.120. The minimum atomic E-state index is 0. The highest BCUT2D eigenvalue weighted by Gasteiger charge is 2.25. The minimum Gasteiger partial charge on any atom is -0.381 e. The lowest BCUT2D eigenvalue weighted by Crippen LogP contribution is -2.51. The van der Waals surface area contributed by atoms with Crippen molar-refractivity contribution in [3.05, 3.63) is 0 Å². The molecule has 7 heteroatoms. The lowest BCUT2D eigenvalue weighted by molar-refractivity contribution is 0.0203. The van der Waals surface area contributed by atoms with Crippen LogP contribution in [0.5, 0.6) is 0 Å². The van der Waals surface area contributed by atoms with Crippen molar-refractivity contribution >= 4 is 29.9 Å². The molecule has 0 radical (unpaired) electrons. The Morgan fingerprint density at radius 1 is 1.14 bits per heavy atom. The van der Waals surface area contributed by atoms with Crippen molar-refractivity contribution in [2.45, 2.75) is 58.9 Å². The molecule has 2 rings (SSSR count). The van der Waals surface area contributed by atoms with E-state index < -0.39 is 0 Å². The van der Waals surface area contributed by atoms with Crippen molar-refractivity contribution in [1.29, 1.82) is 0 Å². The molecule has 0 aromatic heterocycles. The first-order chi connectivity index (χ1) is 13.6. The zero-order valence-corrected chi connectivity index (χ0v) is 21.5. The number of ether oxygens (including phenoxy) is 2. The summed E-state index contributed by atoms with van der Waals surface area (Å²) in [5, 5.41) is 6.98. The molecular formula is C22H45IN4O2. The first kappa shape index (κ1) is 26.9. The number of piperidine rings is 1. The molecule has 1 atom stereocenters. The van der Waals surface area contributed by atoms with Crippen molar-refractivity contribution in [3.63, 3.8) is 0 Å². The first-order valence-corrected chi connectivity index (χ1v) is 11.4. The van der Waals surface area contributed by atoms with Gasteiger partial charge in [-0.3, -0.25) is 9.89 Å². The van der Waals surface area contributed by atoms with E-state index in [0.29, 0.717) is 17.9 Å². The minimum absolute atomic E-state index is 0. The van der Waals surface area contributed by atoms with Gasteiger partial charge in [0.2, 0.25) is 0 Å². The molecule has 2 N–H and O–H groups in total. The van der Waals surface area contributed by atoms with Crippen LogP contribution in [0, 0.1) is 17.8 Å². The van der Waals surface area contributed by atoms with Gasteiger partial charge >= 0.3 is 0 Å². The molecule has 172 valence electrons. The smallest absolute Gasteiger partial charge is 0.191 e. The fourth-order valence-corrected chi connectivity index (χ4v) is 4.11. The molecule has 0 bridgehead atoms. The number of nitrogens with zero attached hydrogens (tertiary/aromatic N) is 2. The summed E-state index contributed by atoms with van der Waals surface area (Å²) in [6, 6.07) is 0.564. The van der Waals surface area contributed by atoms with Crippen molar-refractivity contribution in [2.24, 2.45) is 22.7 Å². The molecule has 0 aliphatic carbocycles. The van der Waals surface area contributed by atoms with E-state index in [9.17, 15) is 0 Å². The molecule has 0 spiro atoms. The van der Waals surface area contributed by atoms with Gasteiger partial charge in [0.25, 0.3) is 0 Å². The molecule has 2 fully saturated rings. The van der Waals surface area contributed by atoms with Gasteiger partial charge in [0.05, 0.1) is 0 Å². The Bertz CT molecular complexity index is 437. The number of hydrogen-bond donors (Lipinski definition) is 2. The van der Waals surface area contributed by atoms with E-state index in [1.165, 1.54) is 25.9 Å². The summed E-state index contributed by atoms with van der Waals surface area (Å²) in [4.78, 5) is 7.05. The molecule has 29 heavy (non-hydrogen) atoms. The van der Waals surface area contributed by atoms with E-state index in [1.54, 1.807) is 0 Å². The topological polar surface area (TPSA) is 58.1 Å². The zero-order valence-electron chi connectivity index (χ0n) is 19.1. The second-order valence-corrected chi connectivity index (χ2v) is 8.89. The van der Waals surface area contributed by atoms with Crippen LogP contribution in [-0.4, -0.2) is 76.6 Å². The summed E-state index contributed by atoms with van der Waals surface area (Å²) >= 11 is 0. The fourth-order valence-electron chi connectivity index (χ4n) is 4.11. The maximum absolute atomic E-state index is 5.84.